The van der Waals surface area contributed by atoms with Crippen LogP contribution in [0.25, 0.3) is 0 Å². The van der Waals surface area contributed by atoms with Gasteiger partial charge in [0.15, 0.2) is 6.61 Å². The molecule has 1 atom stereocenters. The monoisotopic (exact) mass is 320 g/mol. The topological polar surface area (TPSA) is 89.8 Å². The van der Waals surface area contributed by atoms with Crippen molar-refractivity contribution in [3.05, 3.63) is 39.4 Å². The van der Waals surface area contributed by atoms with E-state index in [1.165, 1.54) is 6.07 Å². The number of nitrogens with zero attached hydrogens (tertiary/aromatic N) is 2. The van der Waals surface area contributed by atoms with Gasteiger partial charge in [0, 0.05) is 18.2 Å². The first-order valence-corrected chi connectivity index (χ1v) is 7.62. The molecule has 7 heteroatoms. The summed E-state index contributed by atoms with van der Waals surface area (Å²) in [4.78, 5) is 36.4. The van der Waals surface area contributed by atoms with Crippen molar-refractivity contribution >= 4 is 17.6 Å². The zero-order valence-corrected chi connectivity index (χ0v) is 13.3. The highest BCUT2D eigenvalue weighted by Crippen LogP contribution is 2.24. The number of nitro benzene ring substituents is 1. The third kappa shape index (κ3) is 3.85. The fourth-order valence-electron chi connectivity index (χ4n) is 2.82. The summed E-state index contributed by atoms with van der Waals surface area (Å²) < 4.78 is 5.00. The lowest BCUT2D eigenvalue weighted by Gasteiger charge is -2.33. The number of nitro groups is 1. The Labute approximate surface area is 134 Å². The zero-order valence-electron chi connectivity index (χ0n) is 13.3. The Balaban J connectivity index is 2.04. The van der Waals surface area contributed by atoms with E-state index < -0.39 is 17.5 Å². The van der Waals surface area contributed by atoms with Crippen molar-refractivity contribution < 1.29 is 19.2 Å². The molecule has 7 nitrogen and oxygen atoms in total. The number of carbonyl (C=O) groups is 2. The Bertz CT molecular complexity index is 629. The molecular weight excluding hydrogens is 300 g/mol. The molecule has 0 bridgehead atoms. The lowest BCUT2D eigenvalue weighted by molar-refractivity contribution is -0.385. The summed E-state index contributed by atoms with van der Waals surface area (Å²) >= 11 is 0. The highest BCUT2D eigenvalue weighted by Gasteiger charge is 2.27. The predicted octanol–water partition coefficient (Wildman–Crippen LogP) is 2.46. The maximum Gasteiger partial charge on any atom is 0.345 e. The molecule has 1 amide bonds. The minimum Gasteiger partial charge on any atom is -0.452 e. The maximum atomic E-state index is 12.1. The van der Waals surface area contributed by atoms with E-state index in [0.717, 1.165) is 19.3 Å². The standard InChI is InChI=1S/C16H20N2O5/c1-11-6-5-8-13(15(11)18(21)22)16(20)23-10-14(19)17-9-4-3-7-12(17)2/h5-6,8,12H,3-4,7,9-10H2,1-2H3/t12-/m1/s1. The van der Waals surface area contributed by atoms with E-state index in [1.54, 1.807) is 24.0 Å². The largest absolute Gasteiger partial charge is 0.452 e. The van der Waals surface area contributed by atoms with Crippen molar-refractivity contribution in [2.45, 2.75) is 39.2 Å². The van der Waals surface area contributed by atoms with Crippen LogP contribution in [-0.4, -0.2) is 40.9 Å². The molecule has 1 aliphatic rings. The Kier molecular flexibility index (Phi) is 5.31. The van der Waals surface area contributed by atoms with Gasteiger partial charge in [-0.3, -0.25) is 14.9 Å². The van der Waals surface area contributed by atoms with Gasteiger partial charge in [-0.15, -0.1) is 0 Å². The Morgan fingerprint density at radius 1 is 1.39 bits per heavy atom. The van der Waals surface area contributed by atoms with Crippen LogP contribution in [0.3, 0.4) is 0 Å². The number of likely N-dealkylation sites (tertiary alicyclic amines) is 1. The van der Waals surface area contributed by atoms with Gasteiger partial charge in [0.05, 0.1) is 4.92 Å². The number of amides is 1. The first-order valence-electron chi connectivity index (χ1n) is 7.62. The number of benzene rings is 1. The van der Waals surface area contributed by atoms with Crippen molar-refractivity contribution in [3.63, 3.8) is 0 Å². The summed E-state index contributed by atoms with van der Waals surface area (Å²) in [7, 11) is 0. The molecule has 124 valence electrons. The second kappa shape index (κ2) is 7.21. The van der Waals surface area contributed by atoms with Gasteiger partial charge in [-0.2, -0.15) is 0 Å². The average Bonchev–Trinajstić information content (AvgIpc) is 2.52. The number of para-hydroxylation sites is 1. The number of hydrogen-bond acceptors (Lipinski definition) is 5. The second-order valence-electron chi connectivity index (χ2n) is 5.74. The number of hydrogen-bond donors (Lipinski definition) is 0. The Morgan fingerprint density at radius 3 is 2.78 bits per heavy atom. The normalized spacial score (nSPS) is 17.7. The fraction of sp³-hybridized carbons (Fsp3) is 0.500. The molecule has 1 aliphatic heterocycles. The molecule has 2 rings (SSSR count). The summed E-state index contributed by atoms with van der Waals surface area (Å²) in [5.41, 5.74) is -0.0359. The smallest absolute Gasteiger partial charge is 0.345 e. The van der Waals surface area contributed by atoms with Gasteiger partial charge in [0.2, 0.25) is 0 Å². The molecule has 1 fully saturated rings. The molecule has 0 aliphatic carbocycles. The molecule has 23 heavy (non-hydrogen) atoms. The SMILES string of the molecule is Cc1cccc(C(=O)OCC(=O)N2CCCC[C@H]2C)c1[N+](=O)[O-]. The van der Waals surface area contributed by atoms with Crippen LogP contribution in [0.5, 0.6) is 0 Å². The third-order valence-electron chi connectivity index (χ3n) is 4.09. The Hall–Kier alpha value is -2.44. The van der Waals surface area contributed by atoms with Crippen molar-refractivity contribution in [1.29, 1.82) is 0 Å². The van der Waals surface area contributed by atoms with Gasteiger partial charge in [-0.05, 0) is 39.2 Å². The summed E-state index contributed by atoms with van der Waals surface area (Å²) in [6, 6.07) is 4.56. The van der Waals surface area contributed by atoms with Gasteiger partial charge < -0.3 is 9.64 Å². The quantitative estimate of drug-likeness (QED) is 0.483. The van der Waals surface area contributed by atoms with E-state index in [9.17, 15) is 19.7 Å². The van der Waals surface area contributed by atoms with Gasteiger partial charge >= 0.3 is 5.97 Å². The number of aryl methyl sites for hydroxylation is 1. The highest BCUT2D eigenvalue weighted by molar-refractivity contribution is 5.95. The van der Waals surface area contributed by atoms with Crippen LogP contribution in [0.15, 0.2) is 18.2 Å². The van der Waals surface area contributed by atoms with Crippen molar-refractivity contribution in [3.8, 4) is 0 Å². The minimum absolute atomic E-state index is 0.128. The molecule has 0 N–H and O–H groups in total. The molecule has 0 spiro atoms. The van der Waals surface area contributed by atoms with Crippen molar-refractivity contribution in [1.82, 2.24) is 4.90 Å². The molecule has 0 aromatic heterocycles. The summed E-state index contributed by atoms with van der Waals surface area (Å²) in [6.45, 7) is 3.77. The van der Waals surface area contributed by atoms with Gasteiger partial charge in [-0.1, -0.05) is 12.1 Å². The summed E-state index contributed by atoms with van der Waals surface area (Å²) in [5.74, 6) is -1.11. The average molecular weight is 320 g/mol. The first kappa shape index (κ1) is 16.9. The van der Waals surface area contributed by atoms with Crippen molar-refractivity contribution in [2.75, 3.05) is 13.2 Å². The molecule has 1 aromatic rings. The van der Waals surface area contributed by atoms with E-state index in [-0.39, 0.29) is 23.2 Å². The van der Waals surface area contributed by atoms with Crippen molar-refractivity contribution in [2.24, 2.45) is 0 Å². The van der Waals surface area contributed by atoms with Crippen LogP contribution in [-0.2, 0) is 9.53 Å². The van der Waals surface area contributed by atoms with Crippen LogP contribution < -0.4 is 0 Å². The molecule has 0 radical (unpaired) electrons. The first-order chi connectivity index (χ1) is 10.9. The van der Waals surface area contributed by atoms with E-state index >= 15 is 0 Å². The van der Waals surface area contributed by atoms with Crippen LogP contribution in [0, 0.1) is 17.0 Å². The van der Waals surface area contributed by atoms with Gasteiger partial charge in [-0.25, -0.2) is 4.79 Å². The number of esters is 1. The lowest BCUT2D eigenvalue weighted by atomic mass is 10.0. The molecule has 1 heterocycles. The van der Waals surface area contributed by atoms with E-state index in [1.807, 2.05) is 6.92 Å². The van der Waals surface area contributed by atoms with Crippen LogP contribution >= 0.6 is 0 Å². The van der Waals surface area contributed by atoms with Gasteiger partial charge in [0.1, 0.15) is 5.56 Å². The third-order valence-corrected chi connectivity index (χ3v) is 4.09. The molecule has 0 unspecified atom stereocenters. The number of ether oxygens (including phenoxy) is 1. The molecule has 1 saturated heterocycles. The highest BCUT2D eigenvalue weighted by atomic mass is 16.6. The molecular formula is C16H20N2O5. The van der Waals surface area contributed by atoms with E-state index in [4.69, 9.17) is 4.74 Å². The fourth-order valence-corrected chi connectivity index (χ4v) is 2.82. The number of rotatable bonds is 4. The lowest BCUT2D eigenvalue weighted by Crippen LogP contribution is -2.44. The summed E-state index contributed by atoms with van der Waals surface area (Å²) in [5, 5.41) is 11.1. The molecule has 0 saturated carbocycles. The molecule has 1 aromatic carbocycles. The van der Waals surface area contributed by atoms with Gasteiger partial charge in [0.25, 0.3) is 11.6 Å². The minimum atomic E-state index is -0.849. The Morgan fingerprint density at radius 2 is 2.13 bits per heavy atom. The zero-order chi connectivity index (χ0) is 17.0. The second-order valence-corrected chi connectivity index (χ2v) is 5.74. The summed E-state index contributed by atoms with van der Waals surface area (Å²) in [6.07, 6.45) is 2.95. The van der Waals surface area contributed by atoms with Crippen LogP contribution in [0.2, 0.25) is 0 Å². The maximum absolute atomic E-state index is 12.1. The number of piperidine rings is 1. The van der Waals surface area contributed by atoms with Crippen LogP contribution in [0.4, 0.5) is 5.69 Å². The predicted molar refractivity (Wildman–Crippen MR) is 83.1 cm³/mol. The van der Waals surface area contributed by atoms with E-state index in [2.05, 4.69) is 0 Å². The number of carbonyl (C=O) groups excluding carboxylic acids is 2. The van der Waals surface area contributed by atoms with E-state index in [0.29, 0.717) is 12.1 Å². The van der Waals surface area contributed by atoms with Crippen LogP contribution in [0.1, 0.15) is 42.1 Å².